The number of hydrogen-bond acceptors (Lipinski definition) is 5. The second kappa shape index (κ2) is 6.36. The first-order chi connectivity index (χ1) is 5.62. The molecule has 0 saturated heterocycles. The summed E-state index contributed by atoms with van der Waals surface area (Å²) in [7, 11) is -2.11. The number of nitrogens with one attached hydrogen (secondary N) is 1. The van der Waals surface area contributed by atoms with Crippen LogP contribution in [0.3, 0.4) is 0 Å². The van der Waals surface area contributed by atoms with Crippen molar-refractivity contribution in [1.29, 1.82) is 0 Å². The Kier molecular flexibility index (Phi) is 6.27. The Labute approximate surface area is 73.4 Å². The van der Waals surface area contributed by atoms with Crippen LogP contribution >= 0.6 is 0 Å². The molecule has 0 aliphatic rings. The van der Waals surface area contributed by atoms with Crippen LogP contribution in [0.2, 0.25) is 0 Å². The predicted octanol–water partition coefficient (Wildman–Crippen LogP) is -1.10. The summed E-state index contributed by atoms with van der Waals surface area (Å²) in [6, 6.07) is 0. The van der Waals surface area contributed by atoms with Crippen molar-refractivity contribution < 1.29 is 12.6 Å². The Balaban J connectivity index is 3.32. The van der Waals surface area contributed by atoms with Gasteiger partial charge in [-0.3, -0.25) is 4.18 Å². The van der Waals surface area contributed by atoms with E-state index in [4.69, 9.17) is 5.73 Å². The summed E-state index contributed by atoms with van der Waals surface area (Å²) in [5, 5.41) is 2.99. The molecule has 0 amide bonds. The summed E-state index contributed by atoms with van der Waals surface area (Å²) < 4.78 is 25.8. The third kappa shape index (κ3) is 6.53. The van der Waals surface area contributed by atoms with Crippen LogP contribution in [0.5, 0.6) is 0 Å². The van der Waals surface area contributed by atoms with Crippen molar-refractivity contribution in [3.05, 3.63) is 0 Å². The molecule has 0 fully saturated rings. The normalized spacial score (nSPS) is 11.8. The highest BCUT2D eigenvalue weighted by atomic mass is 32.2. The number of rotatable bonds is 7. The quantitative estimate of drug-likeness (QED) is 0.399. The van der Waals surface area contributed by atoms with Crippen molar-refractivity contribution in [2.75, 3.05) is 32.5 Å². The molecule has 0 aliphatic carbocycles. The topological polar surface area (TPSA) is 81.4 Å². The zero-order chi connectivity index (χ0) is 9.45. The molecule has 0 spiro atoms. The molecule has 5 nitrogen and oxygen atoms in total. The zero-order valence-corrected chi connectivity index (χ0v) is 8.06. The van der Waals surface area contributed by atoms with Crippen LogP contribution in [0.15, 0.2) is 0 Å². The fraction of sp³-hybridized carbons (Fsp3) is 1.00. The van der Waals surface area contributed by atoms with E-state index < -0.39 is 10.1 Å². The highest BCUT2D eigenvalue weighted by Crippen LogP contribution is 1.92. The fourth-order valence-corrected chi connectivity index (χ4v) is 1.35. The van der Waals surface area contributed by atoms with Crippen molar-refractivity contribution in [1.82, 2.24) is 5.32 Å². The van der Waals surface area contributed by atoms with E-state index in [-0.39, 0.29) is 5.75 Å². The minimum Gasteiger partial charge on any atom is -0.329 e. The molecular weight excluding hydrogens is 180 g/mol. The molecule has 0 unspecified atom stereocenters. The highest BCUT2D eigenvalue weighted by Gasteiger charge is 2.06. The molecule has 3 N–H and O–H groups in total. The van der Waals surface area contributed by atoms with E-state index >= 15 is 0 Å². The Morgan fingerprint density at radius 2 is 2.08 bits per heavy atom. The van der Waals surface area contributed by atoms with Gasteiger partial charge in [0.1, 0.15) is 0 Å². The molecule has 0 atom stereocenters. The first-order valence-electron chi connectivity index (χ1n) is 3.81. The van der Waals surface area contributed by atoms with Crippen LogP contribution in [-0.4, -0.2) is 40.9 Å². The Morgan fingerprint density at radius 3 is 2.58 bits per heavy atom. The highest BCUT2D eigenvalue weighted by molar-refractivity contribution is 7.86. The van der Waals surface area contributed by atoms with Gasteiger partial charge in [0.2, 0.25) is 0 Å². The van der Waals surface area contributed by atoms with Gasteiger partial charge in [0.25, 0.3) is 10.1 Å². The second-order valence-electron chi connectivity index (χ2n) is 2.32. The van der Waals surface area contributed by atoms with Gasteiger partial charge < -0.3 is 11.1 Å². The van der Waals surface area contributed by atoms with E-state index in [0.717, 1.165) is 0 Å². The maximum Gasteiger partial charge on any atom is 0.267 e. The fourth-order valence-electron chi connectivity index (χ4n) is 0.684. The molecule has 0 aromatic rings. The van der Waals surface area contributed by atoms with Gasteiger partial charge in [-0.15, -0.1) is 0 Å². The van der Waals surface area contributed by atoms with Crippen LogP contribution in [-0.2, 0) is 14.3 Å². The molecule has 0 bridgehead atoms. The minimum atomic E-state index is -3.28. The summed E-state index contributed by atoms with van der Waals surface area (Å²) in [5.74, 6) is 0.0566. The molecular formula is C6H16N2O3S. The van der Waals surface area contributed by atoms with Gasteiger partial charge in [0.15, 0.2) is 0 Å². The Morgan fingerprint density at radius 1 is 1.42 bits per heavy atom. The molecule has 0 heterocycles. The second-order valence-corrected chi connectivity index (χ2v) is 4.18. The van der Waals surface area contributed by atoms with E-state index in [2.05, 4.69) is 9.50 Å². The predicted molar refractivity (Wildman–Crippen MR) is 47.3 cm³/mol. The first kappa shape index (κ1) is 11.8. The molecule has 6 heteroatoms. The van der Waals surface area contributed by atoms with E-state index in [1.165, 1.54) is 7.11 Å². The van der Waals surface area contributed by atoms with Crippen LogP contribution in [0.1, 0.15) is 6.42 Å². The first-order valence-corrected chi connectivity index (χ1v) is 5.39. The lowest BCUT2D eigenvalue weighted by atomic mass is 10.5. The van der Waals surface area contributed by atoms with Gasteiger partial charge in [-0.25, -0.2) is 0 Å². The molecule has 0 aromatic heterocycles. The zero-order valence-electron chi connectivity index (χ0n) is 7.25. The van der Waals surface area contributed by atoms with Crippen LogP contribution in [0, 0.1) is 0 Å². The molecule has 74 valence electrons. The van der Waals surface area contributed by atoms with Crippen molar-refractivity contribution in [2.45, 2.75) is 6.42 Å². The third-order valence-electron chi connectivity index (χ3n) is 1.32. The largest absolute Gasteiger partial charge is 0.329 e. The van der Waals surface area contributed by atoms with Gasteiger partial charge in [0.05, 0.1) is 12.9 Å². The SMILES string of the molecule is COS(=O)(=O)CCCNCCN. The molecule has 0 saturated carbocycles. The van der Waals surface area contributed by atoms with Crippen molar-refractivity contribution in [3.63, 3.8) is 0 Å². The Hall–Kier alpha value is -0.170. The van der Waals surface area contributed by atoms with E-state index in [9.17, 15) is 8.42 Å². The monoisotopic (exact) mass is 196 g/mol. The standard InChI is InChI=1S/C6H16N2O3S/c1-11-12(9,10)6-2-4-8-5-3-7/h8H,2-7H2,1H3. The maximum atomic E-state index is 10.8. The summed E-state index contributed by atoms with van der Waals surface area (Å²) in [5.41, 5.74) is 5.22. The summed E-state index contributed by atoms with van der Waals surface area (Å²) >= 11 is 0. The van der Waals surface area contributed by atoms with Gasteiger partial charge in [0, 0.05) is 13.1 Å². The van der Waals surface area contributed by atoms with Crippen molar-refractivity contribution in [3.8, 4) is 0 Å². The Bertz CT molecular complexity index is 191. The molecule has 0 aromatic carbocycles. The van der Waals surface area contributed by atoms with Crippen LogP contribution < -0.4 is 11.1 Å². The minimum absolute atomic E-state index is 0.0566. The third-order valence-corrected chi connectivity index (χ3v) is 2.62. The van der Waals surface area contributed by atoms with Gasteiger partial charge in [-0.1, -0.05) is 0 Å². The summed E-state index contributed by atoms with van der Waals surface area (Å²) in [4.78, 5) is 0. The number of hydrogen-bond donors (Lipinski definition) is 2. The lowest BCUT2D eigenvalue weighted by Gasteiger charge is -2.02. The number of nitrogens with two attached hydrogens (primary N) is 1. The van der Waals surface area contributed by atoms with Gasteiger partial charge in [-0.05, 0) is 13.0 Å². The van der Waals surface area contributed by atoms with Crippen LogP contribution in [0.4, 0.5) is 0 Å². The molecule has 0 radical (unpaired) electrons. The average molecular weight is 196 g/mol. The lowest BCUT2D eigenvalue weighted by Crippen LogP contribution is -2.24. The van der Waals surface area contributed by atoms with Crippen molar-refractivity contribution in [2.24, 2.45) is 5.73 Å². The van der Waals surface area contributed by atoms with E-state index in [1.807, 2.05) is 0 Å². The molecule has 0 aliphatic heterocycles. The average Bonchev–Trinajstić information content (AvgIpc) is 2.04. The summed E-state index contributed by atoms with van der Waals surface area (Å²) in [6.45, 7) is 1.93. The molecule has 0 rings (SSSR count). The van der Waals surface area contributed by atoms with E-state index in [0.29, 0.717) is 26.1 Å². The smallest absolute Gasteiger partial charge is 0.267 e. The van der Waals surface area contributed by atoms with E-state index in [1.54, 1.807) is 0 Å². The maximum absolute atomic E-state index is 10.8. The van der Waals surface area contributed by atoms with Crippen LogP contribution in [0.25, 0.3) is 0 Å². The lowest BCUT2D eigenvalue weighted by molar-refractivity contribution is 0.396. The van der Waals surface area contributed by atoms with Gasteiger partial charge in [-0.2, -0.15) is 8.42 Å². The summed E-state index contributed by atoms with van der Waals surface area (Å²) in [6.07, 6.45) is 0.552. The molecule has 12 heavy (non-hydrogen) atoms. The van der Waals surface area contributed by atoms with Crippen molar-refractivity contribution >= 4 is 10.1 Å². The van der Waals surface area contributed by atoms with Gasteiger partial charge >= 0.3 is 0 Å².